The Morgan fingerprint density at radius 2 is 2.00 bits per heavy atom. The van der Waals surface area contributed by atoms with Crippen molar-refractivity contribution in [1.82, 2.24) is 0 Å². The lowest BCUT2D eigenvalue weighted by Crippen LogP contribution is -2.22. The lowest BCUT2D eigenvalue weighted by molar-refractivity contribution is -0.118. The normalized spacial score (nSPS) is 15.6. The maximum atomic E-state index is 12.5. The second-order valence-corrected chi connectivity index (χ2v) is 8.92. The summed E-state index contributed by atoms with van der Waals surface area (Å²) in [6, 6.07) is 13.7. The number of ether oxygens (including phenoxy) is 1. The number of carbonyl (C=O) groups is 2. The topological polar surface area (TPSA) is 81.4 Å². The first-order valence-corrected chi connectivity index (χ1v) is 11.2. The Kier molecular flexibility index (Phi) is 6.04. The highest BCUT2D eigenvalue weighted by atomic mass is 32.1. The quantitative estimate of drug-likeness (QED) is 0.567. The van der Waals surface area contributed by atoms with Crippen molar-refractivity contribution in [2.24, 2.45) is 11.7 Å². The fraction of sp³-hybridized carbons (Fsp3) is 0.333. The number of rotatable bonds is 7. The smallest absolute Gasteiger partial charge is 0.262 e. The molecule has 2 aromatic carbocycles. The molecule has 0 fully saturated rings. The molecular formula is C24H26N2O3S. The Morgan fingerprint density at radius 3 is 2.77 bits per heavy atom. The number of primary amides is 1. The first kappa shape index (κ1) is 20.4. The van der Waals surface area contributed by atoms with Gasteiger partial charge < -0.3 is 15.8 Å². The van der Waals surface area contributed by atoms with Gasteiger partial charge in [0.25, 0.3) is 11.8 Å². The van der Waals surface area contributed by atoms with Gasteiger partial charge in [0.1, 0.15) is 10.8 Å². The van der Waals surface area contributed by atoms with Crippen LogP contribution in [0.25, 0.3) is 10.8 Å². The fourth-order valence-electron chi connectivity index (χ4n) is 4.23. The molecule has 1 heterocycles. The largest absolute Gasteiger partial charge is 0.484 e. The maximum absolute atomic E-state index is 12.5. The van der Waals surface area contributed by atoms with Gasteiger partial charge in [0.15, 0.2) is 6.61 Å². The molecule has 156 valence electrons. The second-order valence-electron chi connectivity index (χ2n) is 7.82. The molecule has 0 aliphatic heterocycles. The molecule has 0 saturated heterocycles. The number of carbonyl (C=O) groups excluding carboxylic acids is 2. The van der Waals surface area contributed by atoms with E-state index >= 15 is 0 Å². The molecule has 0 spiro atoms. The molecule has 1 aliphatic rings. The molecular weight excluding hydrogens is 396 g/mol. The summed E-state index contributed by atoms with van der Waals surface area (Å²) in [6.45, 7) is 2.07. The number of hydrogen-bond acceptors (Lipinski definition) is 4. The fourth-order valence-corrected chi connectivity index (χ4v) is 5.61. The number of benzene rings is 2. The molecule has 0 saturated carbocycles. The summed E-state index contributed by atoms with van der Waals surface area (Å²) in [7, 11) is 0. The third-order valence-electron chi connectivity index (χ3n) is 5.65. The van der Waals surface area contributed by atoms with Crippen LogP contribution in [-0.4, -0.2) is 18.4 Å². The molecule has 30 heavy (non-hydrogen) atoms. The Labute approximate surface area is 180 Å². The SMILES string of the molecule is CCCC1CCc2c(sc(NC(=O)COc3ccc4ccccc4c3)c2C(N)=O)C1. The van der Waals surface area contributed by atoms with Gasteiger partial charge in [0.05, 0.1) is 5.56 Å². The predicted octanol–water partition coefficient (Wildman–Crippen LogP) is 4.92. The van der Waals surface area contributed by atoms with Gasteiger partial charge in [-0.25, -0.2) is 0 Å². The van der Waals surface area contributed by atoms with Crippen molar-refractivity contribution in [2.45, 2.75) is 39.0 Å². The predicted molar refractivity (Wildman–Crippen MR) is 121 cm³/mol. The summed E-state index contributed by atoms with van der Waals surface area (Å²) >= 11 is 1.48. The third-order valence-corrected chi connectivity index (χ3v) is 6.82. The molecule has 1 aromatic heterocycles. The number of nitrogens with one attached hydrogen (secondary N) is 1. The highest BCUT2D eigenvalue weighted by Gasteiger charge is 2.28. The van der Waals surface area contributed by atoms with Crippen LogP contribution < -0.4 is 15.8 Å². The van der Waals surface area contributed by atoms with Gasteiger partial charge in [0, 0.05) is 4.88 Å². The summed E-state index contributed by atoms with van der Waals surface area (Å²) in [6.07, 6.45) is 5.21. The van der Waals surface area contributed by atoms with Crippen molar-refractivity contribution in [3.8, 4) is 5.75 Å². The number of thiophene rings is 1. The Hall–Kier alpha value is -2.86. The molecule has 5 nitrogen and oxygen atoms in total. The van der Waals surface area contributed by atoms with Crippen LogP contribution in [0, 0.1) is 5.92 Å². The lowest BCUT2D eigenvalue weighted by Gasteiger charge is -2.21. The average Bonchev–Trinajstić information content (AvgIpc) is 3.09. The zero-order valence-electron chi connectivity index (χ0n) is 17.1. The van der Waals surface area contributed by atoms with E-state index in [0.29, 0.717) is 22.2 Å². The van der Waals surface area contributed by atoms with Crippen LogP contribution in [0.1, 0.15) is 47.0 Å². The van der Waals surface area contributed by atoms with Crippen molar-refractivity contribution < 1.29 is 14.3 Å². The van der Waals surface area contributed by atoms with Gasteiger partial charge in [0.2, 0.25) is 0 Å². The van der Waals surface area contributed by atoms with Crippen molar-refractivity contribution in [3.63, 3.8) is 0 Å². The summed E-state index contributed by atoms with van der Waals surface area (Å²) in [5.74, 6) is 0.495. The van der Waals surface area contributed by atoms with Crippen LogP contribution in [0.2, 0.25) is 0 Å². The lowest BCUT2D eigenvalue weighted by atomic mass is 9.84. The number of hydrogen-bond donors (Lipinski definition) is 2. The van der Waals surface area contributed by atoms with Gasteiger partial charge in [-0.3, -0.25) is 9.59 Å². The van der Waals surface area contributed by atoms with Crippen LogP contribution in [0.15, 0.2) is 42.5 Å². The van der Waals surface area contributed by atoms with Crippen LogP contribution >= 0.6 is 11.3 Å². The minimum atomic E-state index is -0.479. The molecule has 6 heteroatoms. The number of amides is 2. The van der Waals surface area contributed by atoms with E-state index in [1.165, 1.54) is 22.6 Å². The third kappa shape index (κ3) is 4.33. The van der Waals surface area contributed by atoms with Crippen LogP contribution in [0.5, 0.6) is 5.75 Å². The molecule has 3 N–H and O–H groups in total. The molecule has 4 rings (SSSR count). The van der Waals surface area contributed by atoms with E-state index in [9.17, 15) is 9.59 Å². The van der Waals surface area contributed by atoms with Gasteiger partial charge in [-0.05, 0) is 53.6 Å². The number of nitrogens with two attached hydrogens (primary N) is 1. The van der Waals surface area contributed by atoms with Gasteiger partial charge in [-0.2, -0.15) is 0 Å². The molecule has 3 aromatic rings. The van der Waals surface area contributed by atoms with E-state index in [1.54, 1.807) is 0 Å². The van der Waals surface area contributed by atoms with Gasteiger partial charge in [-0.15, -0.1) is 11.3 Å². The second kappa shape index (κ2) is 8.88. The van der Waals surface area contributed by atoms with Crippen molar-refractivity contribution in [2.75, 3.05) is 11.9 Å². The zero-order chi connectivity index (χ0) is 21.1. The van der Waals surface area contributed by atoms with Crippen molar-refractivity contribution in [1.29, 1.82) is 0 Å². The standard InChI is InChI=1S/C24H26N2O3S/c1-2-5-15-8-11-19-20(12-15)30-24(22(19)23(25)28)26-21(27)14-29-18-10-9-16-6-3-4-7-17(16)13-18/h3-4,6-7,9-10,13,15H,2,5,8,11-12,14H2,1H3,(H2,25,28)(H,26,27). The molecule has 0 radical (unpaired) electrons. The average molecular weight is 423 g/mol. The first-order valence-electron chi connectivity index (χ1n) is 10.4. The van der Waals surface area contributed by atoms with Gasteiger partial charge in [-0.1, -0.05) is 50.1 Å². The summed E-state index contributed by atoms with van der Waals surface area (Å²) in [4.78, 5) is 25.8. The number of anilines is 1. The molecule has 1 atom stereocenters. The van der Waals surface area contributed by atoms with Crippen LogP contribution in [-0.2, 0) is 17.6 Å². The minimum Gasteiger partial charge on any atom is -0.484 e. The van der Waals surface area contributed by atoms with Gasteiger partial charge >= 0.3 is 0 Å². The summed E-state index contributed by atoms with van der Waals surface area (Å²) in [5.41, 5.74) is 7.15. The molecule has 1 unspecified atom stereocenters. The minimum absolute atomic E-state index is 0.127. The van der Waals surface area contributed by atoms with Crippen LogP contribution in [0.4, 0.5) is 5.00 Å². The first-order chi connectivity index (χ1) is 14.5. The van der Waals surface area contributed by atoms with E-state index in [0.717, 1.165) is 42.0 Å². The Bertz CT molecular complexity index is 1090. The zero-order valence-corrected chi connectivity index (χ0v) is 17.9. The van der Waals surface area contributed by atoms with E-state index in [1.807, 2.05) is 42.5 Å². The number of fused-ring (bicyclic) bond motifs is 2. The highest BCUT2D eigenvalue weighted by Crippen LogP contribution is 2.40. The van der Waals surface area contributed by atoms with Crippen LogP contribution in [0.3, 0.4) is 0 Å². The maximum Gasteiger partial charge on any atom is 0.262 e. The van der Waals surface area contributed by atoms with E-state index < -0.39 is 5.91 Å². The van der Waals surface area contributed by atoms with E-state index in [4.69, 9.17) is 10.5 Å². The van der Waals surface area contributed by atoms with E-state index in [-0.39, 0.29) is 12.5 Å². The van der Waals surface area contributed by atoms with Crippen molar-refractivity contribution >= 4 is 38.9 Å². The highest BCUT2D eigenvalue weighted by molar-refractivity contribution is 7.17. The molecule has 2 amide bonds. The van der Waals surface area contributed by atoms with E-state index in [2.05, 4.69) is 12.2 Å². The monoisotopic (exact) mass is 422 g/mol. The molecule has 1 aliphatic carbocycles. The molecule has 0 bridgehead atoms. The summed E-state index contributed by atoms with van der Waals surface area (Å²) in [5, 5.41) is 5.58. The summed E-state index contributed by atoms with van der Waals surface area (Å²) < 4.78 is 5.68. The van der Waals surface area contributed by atoms with Crippen molar-refractivity contribution in [3.05, 3.63) is 58.5 Å². The Balaban J connectivity index is 1.45. The Morgan fingerprint density at radius 1 is 1.20 bits per heavy atom.